The zero-order valence-electron chi connectivity index (χ0n) is 9.34. The molecule has 1 rings (SSSR count). The summed E-state index contributed by atoms with van der Waals surface area (Å²) < 4.78 is 17.9. The Kier molecular flexibility index (Phi) is 4.55. The van der Waals surface area contributed by atoms with Gasteiger partial charge >= 0.3 is 5.69 Å². The Hall–Kier alpha value is -2.22. The van der Waals surface area contributed by atoms with E-state index in [4.69, 9.17) is 16.2 Å². The normalized spacial score (nSPS) is 11.9. The van der Waals surface area contributed by atoms with E-state index in [1.54, 1.807) is 0 Å². The summed E-state index contributed by atoms with van der Waals surface area (Å²) in [6.07, 6.45) is 0.115. The molecule has 0 aromatic heterocycles. The quantitative estimate of drug-likeness (QED) is 0.561. The average Bonchev–Trinajstić information content (AvgIpc) is 2.30. The van der Waals surface area contributed by atoms with E-state index < -0.39 is 28.4 Å². The summed E-state index contributed by atoms with van der Waals surface area (Å²) in [6.45, 7) is -0.0312. The molecular formula is C10H12FN3O4. The summed E-state index contributed by atoms with van der Waals surface area (Å²) in [7, 11) is 0. The summed E-state index contributed by atoms with van der Waals surface area (Å²) in [5, 5.41) is 10.6. The molecule has 4 N–H and O–H groups in total. The van der Waals surface area contributed by atoms with Crippen LogP contribution in [-0.4, -0.2) is 23.5 Å². The predicted octanol–water partition coefficient (Wildman–Crippen LogP) is 0.315. The second-order valence-electron chi connectivity index (χ2n) is 3.52. The number of primary amides is 1. The molecule has 1 unspecified atom stereocenters. The first kappa shape index (κ1) is 13.8. The maximum absolute atomic E-state index is 12.8. The van der Waals surface area contributed by atoms with Gasteiger partial charge in [0.15, 0.2) is 5.75 Å². The lowest BCUT2D eigenvalue weighted by Crippen LogP contribution is -2.37. The fraction of sp³-hybridized carbons (Fsp3) is 0.300. The number of nitrogens with two attached hydrogens (primary N) is 2. The number of amides is 1. The van der Waals surface area contributed by atoms with Crippen molar-refractivity contribution in [2.24, 2.45) is 11.5 Å². The third kappa shape index (κ3) is 3.67. The number of ether oxygens (including phenoxy) is 1. The van der Waals surface area contributed by atoms with Gasteiger partial charge in [0.2, 0.25) is 5.91 Å². The van der Waals surface area contributed by atoms with E-state index >= 15 is 0 Å². The third-order valence-corrected chi connectivity index (χ3v) is 2.17. The van der Waals surface area contributed by atoms with E-state index in [2.05, 4.69) is 0 Å². The lowest BCUT2D eigenvalue weighted by molar-refractivity contribution is -0.386. The Morgan fingerprint density at radius 2 is 2.22 bits per heavy atom. The minimum absolute atomic E-state index is 0.0312. The van der Waals surface area contributed by atoms with Crippen LogP contribution in [0.4, 0.5) is 10.1 Å². The first-order valence-corrected chi connectivity index (χ1v) is 5.03. The van der Waals surface area contributed by atoms with Gasteiger partial charge in [-0.05, 0) is 12.1 Å². The van der Waals surface area contributed by atoms with E-state index in [0.717, 1.165) is 18.2 Å². The van der Waals surface area contributed by atoms with Crippen LogP contribution in [-0.2, 0) is 4.79 Å². The number of rotatable bonds is 6. The first-order valence-electron chi connectivity index (χ1n) is 5.03. The second-order valence-corrected chi connectivity index (χ2v) is 3.52. The molecule has 1 atom stereocenters. The highest BCUT2D eigenvalue weighted by Crippen LogP contribution is 2.27. The molecule has 7 nitrogen and oxygen atoms in total. The number of nitrogens with zero attached hydrogens (tertiary/aromatic N) is 1. The molecule has 0 heterocycles. The number of nitro benzene ring substituents is 1. The molecule has 1 aromatic rings. The monoisotopic (exact) mass is 257 g/mol. The van der Waals surface area contributed by atoms with Crippen molar-refractivity contribution in [1.29, 1.82) is 0 Å². The van der Waals surface area contributed by atoms with E-state index in [1.807, 2.05) is 0 Å². The molecule has 98 valence electrons. The Labute approximate surface area is 102 Å². The largest absolute Gasteiger partial charge is 0.487 e. The fourth-order valence-corrected chi connectivity index (χ4v) is 1.19. The van der Waals surface area contributed by atoms with Gasteiger partial charge in [-0.2, -0.15) is 0 Å². The molecule has 0 saturated carbocycles. The zero-order valence-corrected chi connectivity index (χ0v) is 9.34. The average molecular weight is 257 g/mol. The van der Waals surface area contributed by atoms with Gasteiger partial charge in [-0.25, -0.2) is 4.39 Å². The van der Waals surface area contributed by atoms with Crippen LogP contribution in [0.1, 0.15) is 6.42 Å². The predicted molar refractivity (Wildman–Crippen MR) is 60.3 cm³/mol. The van der Waals surface area contributed by atoms with Crippen LogP contribution < -0.4 is 16.2 Å². The van der Waals surface area contributed by atoms with Crippen LogP contribution in [0.3, 0.4) is 0 Å². The van der Waals surface area contributed by atoms with Gasteiger partial charge in [0.25, 0.3) is 0 Å². The summed E-state index contributed by atoms with van der Waals surface area (Å²) in [5.41, 5.74) is 9.81. The molecule has 1 aromatic carbocycles. The molecule has 8 heteroatoms. The first-order chi connectivity index (χ1) is 8.41. The number of hydrogen-bond donors (Lipinski definition) is 2. The van der Waals surface area contributed by atoms with E-state index in [1.165, 1.54) is 0 Å². The van der Waals surface area contributed by atoms with Gasteiger partial charge in [-0.3, -0.25) is 14.9 Å². The second kappa shape index (κ2) is 5.92. The van der Waals surface area contributed by atoms with Crippen molar-refractivity contribution in [1.82, 2.24) is 0 Å². The molecule has 0 aliphatic rings. The van der Waals surface area contributed by atoms with Crippen molar-refractivity contribution in [3.63, 3.8) is 0 Å². The summed E-state index contributed by atoms with van der Waals surface area (Å²) >= 11 is 0. The van der Waals surface area contributed by atoms with Crippen LogP contribution in [0, 0.1) is 15.9 Å². The summed E-state index contributed by atoms with van der Waals surface area (Å²) in [4.78, 5) is 20.5. The minimum atomic E-state index is -0.885. The highest BCUT2D eigenvalue weighted by molar-refractivity contribution is 5.79. The van der Waals surface area contributed by atoms with Crippen molar-refractivity contribution in [3.05, 3.63) is 34.1 Å². The molecule has 0 aliphatic carbocycles. The van der Waals surface area contributed by atoms with Crippen LogP contribution in [0.5, 0.6) is 5.75 Å². The van der Waals surface area contributed by atoms with E-state index in [0.29, 0.717) is 0 Å². The van der Waals surface area contributed by atoms with Crippen LogP contribution in [0.15, 0.2) is 18.2 Å². The number of carbonyl (C=O) groups is 1. The highest BCUT2D eigenvalue weighted by Gasteiger charge is 2.17. The number of carbonyl (C=O) groups excluding carboxylic acids is 1. The molecule has 0 aliphatic heterocycles. The van der Waals surface area contributed by atoms with Gasteiger partial charge in [0.1, 0.15) is 5.82 Å². The van der Waals surface area contributed by atoms with Gasteiger partial charge < -0.3 is 16.2 Å². The Balaban J connectivity index is 2.67. The SMILES string of the molecule is NC(=O)C(N)CCOc1ccc(F)cc1[N+](=O)[O-]. The Bertz CT molecular complexity index is 466. The van der Waals surface area contributed by atoms with Crippen LogP contribution in [0.2, 0.25) is 0 Å². The Morgan fingerprint density at radius 3 is 2.78 bits per heavy atom. The van der Waals surface area contributed by atoms with Gasteiger partial charge in [0, 0.05) is 6.42 Å². The molecule has 0 spiro atoms. The molecule has 0 bridgehead atoms. The van der Waals surface area contributed by atoms with Crippen LogP contribution in [0.25, 0.3) is 0 Å². The molecule has 0 saturated heterocycles. The fourth-order valence-electron chi connectivity index (χ4n) is 1.19. The van der Waals surface area contributed by atoms with Crippen molar-refractivity contribution >= 4 is 11.6 Å². The smallest absolute Gasteiger partial charge is 0.313 e. The summed E-state index contributed by atoms with van der Waals surface area (Å²) in [5.74, 6) is -1.51. The molecular weight excluding hydrogens is 245 g/mol. The third-order valence-electron chi connectivity index (χ3n) is 2.17. The lowest BCUT2D eigenvalue weighted by Gasteiger charge is -2.09. The summed E-state index contributed by atoms with van der Waals surface area (Å²) in [6, 6.07) is 2.05. The van der Waals surface area contributed by atoms with Crippen molar-refractivity contribution in [2.75, 3.05) is 6.61 Å². The van der Waals surface area contributed by atoms with Gasteiger partial charge in [0.05, 0.1) is 23.6 Å². The van der Waals surface area contributed by atoms with Crippen molar-refractivity contribution in [3.8, 4) is 5.75 Å². The topological polar surface area (TPSA) is 121 Å². The lowest BCUT2D eigenvalue weighted by atomic mass is 10.2. The maximum Gasteiger partial charge on any atom is 0.313 e. The minimum Gasteiger partial charge on any atom is -0.487 e. The van der Waals surface area contributed by atoms with Gasteiger partial charge in [-0.1, -0.05) is 0 Å². The van der Waals surface area contributed by atoms with Crippen LogP contribution >= 0.6 is 0 Å². The molecule has 1 amide bonds. The standard InChI is InChI=1S/C10H12FN3O4/c11-6-1-2-9(8(5-6)14(16)17)18-4-3-7(12)10(13)15/h1-2,5,7H,3-4,12H2,(H2,13,15). The van der Waals surface area contributed by atoms with E-state index in [9.17, 15) is 19.3 Å². The van der Waals surface area contributed by atoms with Gasteiger partial charge in [-0.15, -0.1) is 0 Å². The number of benzene rings is 1. The van der Waals surface area contributed by atoms with Crippen molar-refractivity contribution in [2.45, 2.75) is 12.5 Å². The molecule has 18 heavy (non-hydrogen) atoms. The van der Waals surface area contributed by atoms with Crippen molar-refractivity contribution < 1.29 is 18.8 Å². The number of hydrogen-bond acceptors (Lipinski definition) is 5. The number of nitro groups is 1. The van der Waals surface area contributed by atoms with E-state index in [-0.39, 0.29) is 18.8 Å². The molecule has 0 fully saturated rings. The number of halogens is 1. The maximum atomic E-state index is 12.8. The zero-order chi connectivity index (χ0) is 13.7. The highest BCUT2D eigenvalue weighted by atomic mass is 19.1. The molecule has 0 radical (unpaired) electrons. The Morgan fingerprint density at radius 1 is 1.56 bits per heavy atom.